The number of aryl methyl sites for hydroxylation is 1. The van der Waals surface area contributed by atoms with Crippen molar-refractivity contribution in [3.05, 3.63) is 107 Å². The Morgan fingerprint density at radius 1 is 1.00 bits per heavy atom. The zero-order valence-corrected chi connectivity index (χ0v) is 19.5. The van der Waals surface area contributed by atoms with Crippen LogP contribution >= 0.6 is 0 Å². The molecule has 2 aromatic heterocycles. The Morgan fingerprint density at radius 3 is 2.43 bits per heavy atom. The summed E-state index contributed by atoms with van der Waals surface area (Å²) >= 11 is 0. The smallest absolute Gasteiger partial charge is 0.295 e. The number of hydrogen-bond donors (Lipinski definition) is 1. The molecule has 5 rings (SSSR count). The van der Waals surface area contributed by atoms with E-state index in [0.29, 0.717) is 41.3 Å². The van der Waals surface area contributed by atoms with Crippen molar-refractivity contribution < 1.29 is 19.4 Å². The number of ketones is 1. The molecule has 1 atom stereocenters. The number of aliphatic hydroxyl groups excluding tert-OH is 1. The quantitative estimate of drug-likeness (QED) is 0.259. The maximum Gasteiger partial charge on any atom is 0.295 e. The van der Waals surface area contributed by atoms with Gasteiger partial charge < -0.3 is 14.7 Å². The van der Waals surface area contributed by atoms with Crippen molar-refractivity contribution in [1.29, 1.82) is 0 Å². The number of nitrogens with zero attached hydrogens (tertiary/aromatic N) is 3. The van der Waals surface area contributed by atoms with Gasteiger partial charge in [-0.3, -0.25) is 14.0 Å². The lowest BCUT2D eigenvalue weighted by molar-refractivity contribution is -0.139. The van der Waals surface area contributed by atoms with E-state index in [9.17, 15) is 14.7 Å². The van der Waals surface area contributed by atoms with Crippen molar-refractivity contribution >= 4 is 23.1 Å². The molecule has 0 spiro atoms. The summed E-state index contributed by atoms with van der Waals surface area (Å²) in [5.41, 5.74) is 3.44. The zero-order valence-electron chi connectivity index (χ0n) is 19.5. The van der Waals surface area contributed by atoms with Crippen LogP contribution in [0.3, 0.4) is 0 Å². The molecule has 0 radical (unpaired) electrons. The van der Waals surface area contributed by atoms with Gasteiger partial charge in [-0.05, 0) is 48.7 Å². The highest BCUT2D eigenvalue weighted by molar-refractivity contribution is 6.46. The molecule has 7 nitrogen and oxygen atoms in total. The Morgan fingerprint density at radius 2 is 1.71 bits per heavy atom. The number of amides is 1. The molecule has 2 aromatic carbocycles. The van der Waals surface area contributed by atoms with Crippen LogP contribution in [0.2, 0.25) is 0 Å². The van der Waals surface area contributed by atoms with Gasteiger partial charge in [0.05, 0.1) is 24.4 Å². The average Bonchev–Trinajstić information content (AvgIpc) is 3.35. The molecule has 1 N–H and O–H groups in total. The highest BCUT2D eigenvalue weighted by atomic mass is 16.5. The minimum absolute atomic E-state index is 0.0574. The first kappa shape index (κ1) is 22.4. The molecule has 176 valence electrons. The largest absolute Gasteiger partial charge is 0.505 e. The highest BCUT2D eigenvalue weighted by Gasteiger charge is 2.46. The van der Waals surface area contributed by atoms with Crippen LogP contribution in [0.5, 0.6) is 5.75 Å². The van der Waals surface area contributed by atoms with Crippen LogP contribution in [0.15, 0.2) is 84.6 Å². The lowest BCUT2D eigenvalue weighted by atomic mass is 9.96. The van der Waals surface area contributed by atoms with Gasteiger partial charge in [0, 0.05) is 12.7 Å². The molecular formula is C28H25N3O4. The summed E-state index contributed by atoms with van der Waals surface area (Å²) in [4.78, 5) is 32.7. The van der Waals surface area contributed by atoms with Crippen molar-refractivity contribution in [2.45, 2.75) is 19.4 Å². The second-order valence-corrected chi connectivity index (χ2v) is 8.48. The van der Waals surface area contributed by atoms with Crippen LogP contribution in [0.4, 0.5) is 0 Å². The van der Waals surface area contributed by atoms with E-state index in [1.165, 1.54) is 0 Å². The molecular weight excluding hydrogens is 442 g/mol. The first-order valence-corrected chi connectivity index (χ1v) is 11.4. The summed E-state index contributed by atoms with van der Waals surface area (Å²) < 4.78 is 7.01. The molecule has 35 heavy (non-hydrogen) atoms. The number of likely N-dealkylation sites (tertiary alicyclic amines) is 1. The van der Waals surface area contributed by atoms with E-state index >= 15 is 0 Å². The summed E-state index contributed by atoms with van der Waals surface area (Å²) in [6.45, 7) is 2.10. The Hall–Kier alpha value is -4.39. The molecule has 1 unspecified atom stereocenters. The highest BCUT2D eigenvalue weighted by Crippen LogP contribution is 2.40. The van der Waals surface area contributed by atoms with Crippen LogP contribution in [-0.4, -0.2) is 44.7 Å². The molecule has 1 aliphatic heterocycles. The first-order valence-electron chi connectivity index (χ1n) is 11.4. The fourth-order valence-electron chi connectivity index (χ4n) is 4.66. The fourth-order valence-corrected chi connectivity index (χ4v) is 4.66. The van der Waals surface area contributed by atoms with E-state index in [1.807, 2.05) is 60.7 Å². The number of hydrogen-bond acceptors (Lipinski definition) is 5. The number of Topliss-reactive ketones (excluding diaryl/α,β-unsaturated/α-hetero) is 1. The summed E-state index contributed by atoms with van der Waals surface area (Å²) in [5, 5.41) is 11.5. The van der Waals surface area contributed by atoms with Crippen molar-refractivity contribution in [3.63, 3.8) is 0 Å². The number of fused-ring (bicyclic) bond motifs is 1. The SMILES string of the molecule is COc1ccc(C2C(=C(O)c3c(C)nc4ccccn34)C(=O)C(=O)N2CCc2ccccc2)cc1. The minimum atomic E-state index is -0.738. The number of pyridine rings is 1. The summed E-state index contributed by atoms with van der Waals surface area (Å²) in [6.07, 6.45) is 2.35. The zero-order chi connectivity index (χ0) is 24.5. The van der Waals surface area contributed by atoms with Gasteiger partial charge in [0.15, 0.2) is 5.76 Å². The lowest BCUT2D eigenvalue weighted by Crippen LogP contribution is -2.31. The number of imidazole rings is 1. The summed E-state index contributed by atoms with van der Waals surface area (Å²) in [6, 6.07) is 21.8. The first-order chi connectivity index (χ1) is 17.0. The van der Waals surface area contributed by atoms with Crippen molar-refractivity contribution in [3.8, 4) is 5.75 Å². The number of methoxy groups -OCH3 is 1. The van der Waals surface area contributed by atoms with E-state index < -0.39 is 17.7 Å². The molecule has 0 saturated carbocycles. The van der Waals surface area contributed by atoms with Crippen molar-refractivity contribution in [2.24, 2.45) is 0 Å². The monoisotopic (exact) mass is 467 g/mol. The van der Waals surface area contributed by atoms with Gasteiger partial charge in [0.25, 0.3) is 11.7 Å². The summed E-state index contributed by atoms with van der Waals surface area (Å²) in [7, 11) is 1.58. The van der Waals surface area contributed by atoms with Crippen LogP contribution in [0.25, 0.3) is 11.4 Å². The molecule has 0 bridgehead atoms. The number of carbonyl (C=O) groups excluding carboxylic acids is 2. The van der Waals surface area contributed by atoms with E-state index in [4.69, 9.17) is 4.74 Å². The average molecular weight is 468 g/mol. The van der Waals surface area contributed by atoms with Crippen molar-refractivity contribution in [2.75, 3.05) is 13.7 Å². The van der Waals surface area contributed by atoms with E-state index in [-0.39, 0.29) is 11.3 Å². The predicted octanol–water partition coefficient (Wildman–Crippen LogP) is 4.32. The molecule has 1 aliphatic rings. The maximum absolute atomic E-state index is 13.4. The number of rotatable bonds is 6. The minimum Gasteiger partial charge on any atom is -0.505 e. The number of aromatic nitrogens is 2. The van der Waals surface area contributed by atoms with Crippen molar-refractivity contribution in [1.82, 2.24) is 14.3 Å². The molecule has 1 saturated heterocycles. The standard InChI is InChI=1S/C28H25N3O4/c1-18-24(30-16-7-6-10-22(30)29-18)26(32)23-25(20-11-13-21(35-2)14-12-20)31(28(34)27(23)33)17-15-19-8-4-3-5-9-19/h3-14,16,25,32H,15,17H2,1-2H3. The van der Waals surface area contributed by atoms with Gasteiger partial charge in [0.2, 0.25) is 0 Å². The van der Waals surface area contributed by atoms with Crippen LogP contribution in [0, 0.1) is 6.92 Å². The van der Waals surface area contributed by atoms with E-state index in [2.05, 4.69) is 4.98 Å². The predicted molar refractivity (Wildman–Crippen MR) is 132 cm³/mol. The van der Waals surface area contributed by atoms with Gasteiger partial charge in [-0.1, -0.05) is 48.5 Å². The summed E-state index contributed by atoms with van der Waals surface area (Å²) in [5.74, 6) is -0.911. The number of aliphatic hydroxyl groups is 1. The van der Waals surface area contributed by atoms with Crippen LogP contribution < -0.4 is 4.74 Å². The third-order valence-electron chi connectivity index (χ3n) is 6.38. The topological polar surface area (TPSA) is 84.1 Å². The van der Waals surface area contributed by atoms with Gasteiger partial charge >= 0.3 is 0 Å². The molecule has 3 heterocycles. The normalized spacial score (nSPS) is 17.3. The molecule has 4 aromatic rings. The van der Waals surface area contributed by atoms with Crippen LogP contribution in [0.1, 0.15) is 28.6 Å². The lowest BCUT2D eigenvalue weighted by Gasteiger charge is -2.25. The van der Waals surface area contributed by atoms with E-state index in [1.54, 1.807) is 41.7 Å². The molecule has 7 heteroatoms. The fraction of sp³-hybridized carbons (Fsp3) is 0.179. The van der Waals surface area contributed by atoms with Gasteiger partial charge in [-0.2, -0.15) is 0 Å². The third kappa shape index (κ3) is 3.95. The van der Waals surface area contributed by atoms with Gasteiger partial charge in [-0.25, -0.2) is 4.98 Å². The second kappa shape index (κ2) is 9.10. The number of benzene rings is 2. The van der Waals surface area contributed by atoms with Gasteiger partial charge in [0.1, 0.15) is 17.1 Å². The Kier molecular flexibility index (Phi) is 5.82. The molecule has 0 aliphatic carbocycles. The Balaban J connectivity index is 1.64. The maximum atomic E-state index is 13.4. The third-order valence-corrected chi connectivity index (χ3v) is 6.38. The molecule has 1 amide bonds. The van der Waals surface area contributed by atoms with E-state index in [0.717, 1.165) is 5.56 Å². The number of ether oxygens (including phenoxy) is 1. The number of carbonyl (C=O) groups is 2. The van der Waals surface area contributed by atoms with Gasteiger partial charge in [-0.15, -0.1) is 0 Å². The van der Waals surface area contributed by atoms with Crippen LogP contribution in [-0.2, 0) is 16.0 Å². The Bertz CT molecular complexity index is 1440. The Labute approximate surface area is 202 Å². The second-order valence-electron chi connectivity index (χ2n) is 8.48. The molecule has 1 fully saturated rings.